The van der Waals surface area contributed by atoms with Crippen molar-refractivity contribution in [2.45, 2.75) is 6.92 Å². The van der Waals surface area contributed by atoms with Crippen LogP contribution in [0, 0.1) is 0 Å². The molecule has 0 radical (unpaired) electrons. The largest absolute Gasteiger partial charge is 0.478 e. The molecule has 1 aliphatic heterocycles. The number of hydrogen-bond donors (Lipinski definition) is 1. The summed E-state index contributed by atoms with van der Waals surface area (Å²) in [6.07, 6.45) is 1.54. The highest BCUT2D eigenvalue weighted by molar-refractivity contribution is 5.91. The van der Waals surface area contributed by atoms with Gasteiger partial charge in [0.25, 0.3) is 0 Å². The third-order valence-corrected chi connectivity index (χ3v) is 1.21. The van der Waals surface area contributed by atoms with E-state index in [0.29, 0.717) is 6.08 Å². The Hall–Kier alpha value is -2.11. The minimum Gasteiger partial charge on any atom is -0.478 e. The molecule has 0 aromatic carbocycles. The van der Waals surface area contributed by atoms with Gasteiger partial charge < -0.3 is 14.6 Å². The molecule has 6 heteroatoms. The summed E-state index contributed by atoms with van der Waals surface area (Å²) in [6, 6.07) is 0. The first-order chi connectivity index (χ1) is 6.49. The van der Waals surface area contributed by atoms with Crippen molar-refractivity contribution in [1.29, 1.82) is 0 Å². The Morgan fingerprint density at radius 2 is 2.21 bits per heavy atom. The molecule has 0 aromatic rings. The molecule has 0 aliphatic carbocycles. The minimum absolute atomic E-state index is 0.190. The number of cyclic esters (lactones) is 1. The summed E-state index contributed by atoms with van der Waals surface area (Å²) in [7, 11) is 0. The van der Waals surface area contributed by atoms with Crippen LogP contribution in [0.3, 0.4) is 0 Å². The van der Waals surface area contributed by atoms with Gasteiger partial charge >= 0.3 is 17.9 Å². The Balaban J connectivity index is 2.89. The van der Waals surface area contributed by atoms with Crippen LogP contribution in [0.15, 0.2) is 23.7 Å². The van der Waals surface area contributed by atoms with Gasteiger partial charge in [-0.3, -0.25) is 4.79 Å². The number of carboxylic acid groups (broad SMARTS) is 1. The SMILES string of the molecule is CC(=O)OC1=CC(=O)O/C1=C\C(=O)O. The van der Waals surface area contributed by atoms with Gasteiger partial charge in [0, 0.05) is 6.92 Å². The van der Waals surface area contributed by atoms with E-state index in [1.165, 1.54) is 0 Å². The second-order valence-electron chi connectivity index (χ2n) is 2.37. The molecular weight excluding hydrogens is 192 g/mol. The normalized spacial score (nSPS) is 17.6. The summed E-state index contributed by atoms with van der Waals surface area (Å²) >= 11 is 0. The van der Waals surface area contributed by atoms with Crippen molar-refractivity contribution in [2.75, 3.05) is 0 Å². The first-order valence-electron chi connectivity index (χ1n) is 3.56. The zero-order valence-electron chi connectivity index (χ0n) is 7.14. The van der Waals surface area contributed by atoms with Gasteiger partial charge in [0.15, 0.2) is 11.5 Å². The van der Waals surface area contributed by atoms with Crippen LogP contribution in [-0.4, -0.2) is 23.0 Å². The average Bonchev–Trinajstić information content (AvgIpc) is 2.28. The van der Waals surface area contributed by atoms with Gasteiger partial charge in [0.1, 0.15) is 0 Å². The maximum absolute atomic E-state index is 10.7. The molecule has 0 aromatic heterocycles. The van der Waals surface area contributed by atoms with Crippen LogP contribution >= 0.6 is 0 Å². The van der Waals surface area contributed by atoms with E-state index >= 15 is 0 Å². The van der Waals surface area contributed by atoms with Gasteiger partial charge in [-0.15, -0.1) is 0 Å². The summed E-state index contributed by atoms with van der Waals surface area (Å²) in [5.41, 5.74) is 0. The lowest BCUT2D eigenvalue weighted by Gasteiger charge is -2.01. The fraction of sp³-hybridized carbons (Fsp3) is 0.125. The lowest BCUT2D eigenvalue weighted by molar-refractivity contribution is -0.138. The van der Waals surface area contributed by atoms with Gasteiger partial charge in [-0.05, 0) is 0 Å². The van der Waals surface area contributed by atoms with Crippen LogP contribution < -0.4 is 0 Å². The van der Waals surface area contributed by atoms with Crippen LogP contribution in [0.4, 0.5) is 0 Å². The van der Waals surface area contributed by atoms with E-state index in [4.69, 9.17) is 5.11 Å². The van der Waals surface area contributed by atoms with E-state index in [2.05, 4.69) is 9.47 Å². The molecule has 0 saturated heterocycles. The lowest BCUT2D eigenvalue weighted by Crippen LogP contribution is -2.01. The second-order valence-corrected chi connectivity index (χ2v) is 2.37. The Morgan fingerprint density at radius 3 is 2.71 bits per heavy atom. The highest BCUT2D eigenvalue weighted by Crippen LogP contribution is 2.20. The molecule has 74 valence electrons. The van der Waals surface area contributed by atoms with Crippen molar-refractivity contribution < 1.29 is 29.0 Å². The lowest BCUT2D eigenvalue weighted by atomic mass is 10.4. The molecule has 1 rings (SSSR count). The van der Waals surface area contributed by atoms with Gasteiger partial charge in [-0.2, -0.15) is 0 Å². The number of ether oxygens (including phenoxy) is 2. The smallest absolute Gasteiger partial charge is 0.340 e. The van der Waals surface area contributed by atoms with Crippen molar-refractivity contribution in [3.8, 4) is 0 Å². The van der Waals surface area contributed by atoms with Crippen LogP contribution in [0.5, 0.6) is 0 Å². The van der Waals surface area contributed by atoms with E-state index in [1.807, 2.05) is 0 Å². The predicted octanol–water partition coefficient (Wildman–Crippen LogP) is -0.0413. The minimum atomic E-state index is -1.30. The fourth-order valence-corrected chi connectivity index (χ4v) is 0.814. The molecule has 1 heterocycles. The van der Waals surface area contributed by atoms with E-state index < -0.39 is 17.9 Å². The number of carbonyl (C=O) groups is 3. The molecule has 0 amide bonds. The fourth-order valence-electron chi connectivity index (χ4n) is 0.814. The molecule has 14 heavy (non-hydrogen) atoms. The summed E-state index contributed by atoms with van der Waals surface area (Å²) in [5, 5.41) is 8.38. The van der Waals surface area contributed by atoms with Crippen molar-refractivity contribution in [3.05, 3.63) is 23.7 Å². The molecule has 6 nitrogen and oxygen atoms in total. The molecule has 0 bridgehead atoms. The number of rotatable bonds is 2. The highest BCUT2D eigenvalue weighted by Gasteiger charge is 2.23. The van der Waals surface area contributed by atoms with Gasteiger partial charge in [0.05, 0.1) is 12.2 Å². The number of carbonyl (C=O) groups excluding carboxylic acids is 2. The van der Waals surface area contributed by atoms with Gasteiger partial charge in [0.2, 0.25) is 0 Å². The molecule has 1 aliphatic rings. The summed E-state index contributed by atoms with van der Waals surface area (Å²) in [4.78, 5) is 31.5. The molecule has 0 unspecified atom stereocenters. The van der Waals surface area contributed by atoms with Crippen LogP contribution in [-0.2, 0) is 23.9 Å². The maximum atomic E-state index is 10.7. The Morgan fingerprint density at radius 1 is 1.57 bits per heavy atom. The Bertz CT molecular complexity index is 362. The van der Waals surface area contributed by atoms with E-state index in [9.17, 15) is 14.4 Å². The zero-order chi connectivity index (χ0) is 10.7. The predicted molar refractivity (Wildman–Crippen MR) is 41.7 cm³/mol. The number of aliphatic carboxylic acids is 1. The Labute approximate surface area is 78.4 Å². The van der Waals surface area contributed by atoms with Crippen LogP contribution in [0.1, 0.15) is 6.92 Å². The summed E-state index contributed by atoms with van der Waals surface area (Å²) in [5.74, 6) is -3.20. The van der Waals surface area contributed by atoms with Crippen molar-refractivity contribution in [2.24, 2.45) is 0 Å². The Kier molecular flexibility index (Phi) is 2.66. The molecule has 0 saturated carbocycles. The van der Waals surface area contributed by atoms with Crippen molar-refractivity contribution in [3.63, 3.8) is 0 Å². The van der Waals surface area contributed by atoms with Crippen LogP contribution in [0.25, 0.3) is 0 Å². The van der Waals surface area contributed by atoms with Crippen molar-refractivity contribution in [1.82, 2.24) is 0 Å². The monoisotopic (exact) mass is 198 g/mol. The standard InChI is InChI=1S/C8H6O6/c1-4(9)13-6-3-8(12)14-5(6)2-7(10)11/h2-3H,1H3,(H,10,11)/b5-2-. The average molecular weight is 198 g/mol. The number of hydrogen-bond acceptors (Lipinski definition) is 5. The van der Waals surface area contributed by atoms with Gasteiger partial charge in [-0.1, -0.05) is 0 Å². The van der Waals surface area contributed by atoms with Crippen LogP contribution in [0.2, 0.25) is 0 Å². The molecule has 1 N–H and O–H groups in total. The maximum Gasteiger partial charge on any atom is 0.340 e. The topological polar surface area (TPSA) is 89.9 Å². The third kappa shape index (κ3) is 2.44. The summed E-state index contributed by atoms with van der Waals surface area (Å²) in [6.45, 7) is 1.13. The van der Waals surface area contributed by atoms with Crippen molar-refractivity contribution >= 4 is 17.9 Å². The highest BCUT2D eigenvalue weighted by atomic mass is 16.6. The molecule has 0 spiro atoms. The van der Waals surface area contributed by atoms with Gasteiger partial charge in [-0.25, -0.2) is 9.59 Å². The van der Waals surface area contributed by atoms with E-state index in [-0.39, 0.29) is 11.5 Å². The molecular formula is C8H6O6. The first kappa shape index (κ1) is 9.97. The zero-order valence-corrected chi connectivity index (χ0v) is 7.14. The van der Waals surface area contributed by atoms with E-state index in [0.717, 1.165) is 13.0 Å². The first-order valence-corrected chi connectivity index (χ1v) is 3.56. The quantitative estimate of drug-likeness (QED) is 0.494. The number of esters is 2. The molecule has 0 atom stereocenters. The summed E-state index contributed by atoms with van der Waals surface area (Å²) < 4.78 is 9.00. The van der Waals surface area contributed by atoms with E-state index in [1.54, 1.807) is 0 Å². The third-order valence-electron chi connectivity index (χ3n) is 1.21. The number of carboxylic acids is 1. The molecule has 0 fully saturated rings. The second kappa shape index (κ2) is 3.73.